The van der Waals surface area contributed by atoms with E-state index in [0.29, 0.717) is 17.7 Å². The number of aliphatic hydroxyl groups is 1. The van der Waals surface area contributed by atoms with Gasteiger partial charge in [-0.05, 0) is 19.4 Å². The average molecular weight is 284 g/mol. The summed E-state index contributed by atoms with van der Waals surface area (Å²) in [6.07, 6.45) is -4.05. The number of imidazole rings is 1. The van der Waals surface area contributed by atoms with Crippen LogP contribution in [0.3, 0.4) is 0 Å². The summed E-state index contributed by atoms with van der Waals surface area (Å²) in [7, 11) is 0. The Labute approximate surface area is 114 Å². The minimum absolute atomic E-state index is 0.275. The number of nitrogens with zero attached hydrogens (tertiary/aromatic N) is 2. The maximum Gasteiger partial charge on any atom is 0.434 e. The van der Waals surface area contributed by atoms with Gasteiger partial charge >= 0.3 is 6.18 Å². The molecule has 0 bridgehead atoms. The van der Waals surface area contributed by atoms with Gasteiger partial charge in [-0.1, -0.05) is 24.3 Å². The lowest BCUT2D eigenvalue weighted by molar-refractivity contribution is -0.140. The van der Waals surface area contributed by atoms with Crippen molar-refractivity contribution >= 4 is 0 Å². The zero-order chi connectivity index (χ0) is 14.9. The van der Waals surface area contributed by atoms with Crippen molar-refractivity contribution in [2.75, 3.05) is 0 Å². The fourth-order valence-electron chi connectivity index (χ4n) is 1.93. The number of rotatable bonds is 3. The first-order valence-corrected chi connectivity index (χ1v) is 6.25. The van der Waals surface area contributed by atoms with Crippen molar-refractivity contribution in [3.05, 3.63) is 41.7 Å². The summed E-state index contributed by atoms with van der Waals surface area (Å²) in [5.41, 5.74) is 0.403. The summed E-state index contributed by atoms with van der Waals surface area (Å²) >= 11 is 0. The van der Waals surface area contributed by atoms with Crippen LogP contribution in [0.1, 0.15) is 31.2 Å². The van der Waals surface area contributed by atoms with E-state index in [0.717, 1.165) is 6.20 Å². The number of aryl methyl sites for hydroxylation is 1. The van der Waals surface area contributed by atoms with E-state index < -0.39 is 18.0 Å². The Balaban J connectivity index is 2.43. The topological polar surface area (TPSA) is 38.0 Å². The summed E-state index contributed by atoms with van der Waals surface area (Å²) in [5.74, 6) is 0.275. The standard InChI is InChI=1S/C14H15F3N2O/c1-3-19-8-12(14(15,16)17)18-13(19)11-6-4-10(5-7-11)9(2)20/h4-9,20H,3H2,1-2H3/t9-/m1/s1. The molecule has 20 heavy (non-hydrogen) atoms. The third-order valence-electron chi connectivity index (χ3n) is 3.06. The number of halogens is 3. The third-order valence-corrected chi connectivity index (χ3v) is 3.06. The van der Waals surface area contributed by atoms with E-state index in [9.17, 15) is 18.3 Å². The molecule has 0 saturated carbocycles. The Bertz CT molecular complexity index is 585. The number of aromatic nitrogens is 2. The molecule has 1 atom stereocenters. The molecule has 6 heteroatoms. The molecule has 3 nitrogen and oxygen atoms in total. The number of benzene rings is 1. The summed E-state index contributed by atoms with van der Waals surface area (Å²) in [6.45, 7) is 3.79. The van der Waals surface area contributed by atoms with Crippen LogP contribution in [0.2, 0.25) is 0 Å². The second-order valence-electron chi connectivity index (χ2n) is 4.53. The van der Waals surface area contributed by atoms with Crippen LogP contribution in [0.4, 0.5) is 13.2 Å². The molecule has 1 aromatic carbocycles. The van der Waals surface area contributed by atoms with E-state index in [1.165, 1.54) is 4.57 Å². The van der Waals surface area contributed by atoms with E-state index in [-0.39, 0.29) is 5.82 Å². The highest BCUT2D eigenvalue weighted by Gasteiger charge is 2.34. The summed E-state index contributed by atoms with van der Waals surface area (Å²) in [6, 6.07) is 6.69. The van der Waals surface area contributed by atoms with Crippen molar-refractivity contribution in [1.82, 2.24) is 9.55 Å². The van der Waals surface area contributed by atoms with Crippen molar-refractivity contribution in [2.24, 2.45) is 0 Å². The summed E-state index contributed by atoms with van der Waals surface area (Å²) in [5, 5.41) is 9.43. The Morgan fingerprint density at radius 1 is 1.25 bits per heavy atom. The van der Waals surface area contributed by atoms with E-state index in [1.54, 1.807) is 38.1 Å². The van der Waals surface area contributed by atoms with Crippen LogP contribution in [0.25, 0.3) is 11.4 Å². The summed E-state index contributed by atoms with van der Waals surface area (Å²) in [4.78, 5) is 3.67. The van der Waals surface area contributed by atoms with Crippen LogP contribution in [0, 0.1) is 0 Å². The zero-order valence-corrected chi connectivity index (χ0v) is 11.1. The number of alkyl halides is 3. The molecule has 2 rings (SSSR count). The first-order valence-electron chi connectivity index (χ1n) is 6.25. The Kier molecular flexibility index (Phi) is 3.85. The van der Waals surface area contributed by atoms with Crippen molar-refractivity contribution < 1.29 is 18.3 Å². The fraction of sp³-hybridized carbons (Fsp3) is 0.357. The molecular weight excluding hydrogens is 269 g/mol. The Morgan fingerprint density at radius 2 is 1.85 bits per heavy atom. The number of hydrogen-bond donors (Lipinski definition) is 1. The highest BCUT2D eigenvalue weighted by Crippen LogP contribution is 2.31. The van der Waals surface area contributed by atoms with Gasteiger partial charge in [0.2, 0.25) is 0 Å². The van der Waals surface area contributed by atoms with Gasteiger partial charge in [-0.25, -0.2) is 4.98 Å². The van der Waals surface area contributed by atoms with Crippen LogP contribution in [-0.4, -0.2) is 14.7 Å². The van der Waals surface area contributed by atoms with Gasteiger partial charge < -0.3 is 9.67 Å². The Hall–Kier alpha value is -1.82. The SMILES string of the molecule is CCn1cc(C(F)(F)F)nc1-c1ccc([C@@H](C)O)cc1. The van der Waals surface area contributed by atoms with E-state index >= 15 is 0 Å². The minimum atomic E-state index is -4.45. The molecule has 108 valence electrons. The summed E-state index contributed by atoms with van der Waals surface area (Å²) < 4.78 is 39.5. The highest BCUT2D eigenvalue weighted by molar-refractivity contribution is 5.57. The van der Waals surface area contributed by atoms with Crippen LogP contribution in [0.5, 0.6) is 0 Å². The maximum absolute atomic E-state index is 12.7. The van der Waals surface area contributed by atoms with Crippen molar-refractivity contribution in [2.45, 2.75) is 32.7 Å². The normalized spacial score (nSPS) is 13.5. The predicted octanol–water partition coefficient (Wildman–Crippen LogP) is 3.64. The first kappa shape index (κ1) is 14.6. The molecule has 0 saturated heterocycles. The Morgan fingerprint density at radius 3 is 2.30 bits per heavy atom. The van der Waals surface area contributed by atoms with Gasteiger partial charge in [-0.15, -0.1) is 0 Å². The molecule has 2 aromatic rings. The largest absolute Gasteiger partial charge is 0.434 e. The lowest BCUT2D eigenvalue weighted by Crippen LogP contribution is -2.05. The third kappa shape index (κ3) is 2.85. The van der Waals surface area contributed by atoms with Crippen LogP contribution in [-0.2, 0) is 12.7 Å². The van der Waals surface area contributed by atoms with Gasteiger partial charge in [0.1, 0.15) is 5.82 Å². The van der Waals surface area contributed by atoms with Crippen LogP contribution in [0.15, 0.2) is 30.5 Å². The fourth-order valence-corrected chi connectivity index (χ4v) is 1.93. The second-order valence-corrected chi connectivity index (χ2v) is 4.53. The molecule has 1 aromatic heterocycles. The molecule has 0 unspecified atom stereocenters. The minimum Gasteiger partial charge on any atom is -0.389 e. The molecule has 0 aliphatic heterocycles. The number of hydrogen-bond acceptors (Lipinski definition) is 2. The monoisotopic (exact) mass is 284 g/mol. The number of aliphatic hydroxyl groups excluding tert-OH is 1. The molecular formula is C14H15F3N2O. The van der Waals surface area contributed by atoms with E-state index in [4.69, 9.17) is 0 Å². The molecule has 0 aliphatic carbocycles. The van der Waals surface area contributed by atoms with E-state index in [1.807, 2.05) is 0 Å². The van der Waals surface area contributed by atoms with Crippen molar-refractivity contribution in [3.8, 4) is 11.4 Å². The van der Waals surface area contributed by atoms with Crippen LogP contribution < -0.4 is 0 Å². The maximum atomic E-state index is 12.7. The molecule has 0 amide bonds. The first-order chi connectivity index (χ1) is 9.32. The van der Waals surface area contributed by atoms with Gasteiger partial charge in [-0.2, -0.15) is 13.2 Å². The molecule has 0 fully saturated rings. The highest BCUT2D eigenvalue weighted by atomic mass is 19.4. The molecule has 1 N–H and O–H groups in total. The van der Waals surface area contributed by atoms with Gasteiger partial charge in [0.05, 0.1) is 6.10 Å². The zero-order valence-electron chi connectivity index (χ0n) is 11.1. The molecule has 0 radical (unpaired) electrons. The quantitative estimate of drug-likeness (QED) is 0.934. The van der Waals surface area contributed by atoms with E-state index in [2.05, 4.69) is 4.98 Å². The average Bonchev–Trinajstić information content (AvgIpc) is 2.82. The molecule has 1 heterocycles. The van der Waals surface area contributed by atoms with Crippen molar-refractivity contribution in [3.63, 3.8) is 0 Å². The van der Waals surface area contributed by atoms with Gasteiger partial charge in [0.25, 0.3) is 0 Å². The van der Waals surface area contributed by atoms with Gasteiger partial charge in [-0.3, -0.25) is 0 Å². The molecule has 0 aliphatic rings. The molecule has 0 spiro atoms. The van der Waals surface area contributed by atoms with Gasteiger partial charge in [0, 0.05) is 18.3 Å². The second kappa shape index (κ2) is 5.28. The lowest BCUT2D eigenvalue weighted by atomic mass is 10.1. The van der Waals surface area contributed by atoms with Crippen molar-refractivity contribution in [1.29, 1.82) is 0 Å². The van der Waals surface area contributed by atoms with Crippen LogP contribution >= 0.6 is 0 Å². The smallest absolute Gasteiger partial charge is 0.389 e. The van der Waals surface area contributed by atoms with Gasteiger partial charge in [0.15, 0.2) is 5.69 Å². The predicted molar refractivity (Wildman–Crippen MR) is 69.0 cm³/mol. The lowest BCUT2D eigenvalue weighted by Gasteiger charge is -2.07.